The lowest BCUT2D eigenvalue weighted by Crippen LogP contribution is -2.31. The van der Waals surface area contributed by atoms with Crippen LogP contribution in [0, 0.1) is 0 Å². The molecule has 0 aliphatic rings. The standard InChI is InChI=1S/C29H31NO7S/c1-38-23-17-15-21(16-18-23)30-29(34)37-28(24-11-5-6-12-25(24)35-20-19-31)26(13-7-8-14-27(32)33)36-22-9-3-2-4-10-22/h2-6,8-12,14-18,26,28,31H,7,13,19-20H2,1H3,(H,30,34)(H,32,33)/b14-8+/t26-,28-/m0/s1. The Balaban J connectivity index is 1.93. The number of anilines is 1. The first-order chi connectivity index (χ1) is 18.5. The Bertz CT molecular complexity index is 1190. The van der Waals surface area contributed by atoms with Crippen molar-refractivity contribution in [2.45, 2.75) is 29.9 Å². The summed E-state index contributed by atoms with van der Waals surface area (Å²) in [5.74, 6) is -0.0468. The van der Waals surface area contributed by atoms with Gasteiger partial charge in [-0.05, 0) is 61.6 Å². The summed E-state index contributed by atoms with van der Waals surface area (Å²) in [5.41, 5.74) is 1.12. The van der Waals surface area contributed by atoms with Crippen molar-refractivity contribution in [1.29, 1.82) is 0 Å². The first kappa shape index (κ1) is 28.6. The van der Waals surface area contributed by atoms with Gasteiger partial charge in [-0.2, -0.15) is 0 Å². The van der Waals surface area contributed by atoms with E-state index in [4.69, 9.17) is 19.3 Å². The van der Waals surface area contributed by atoms with Gasteiger partial charge in [-0.3, -0.25) is 5.32 Å². The number of benzene rings is 3. The third-order valence-corrected chi connectivity index (χ3v) is 6.13. The fourth-order valence-corrected chi connectivity index (χ4v) is 4.08. The molecule has 38 heavy (non-hydrogen) atoms. The van der Waals surface area contributed by atoms with E-state index in [9.17, 15) is 14.7 Å². The van der Waals surface area contributed by atoms with Crippen molar-refractivity contribution in [3.05, 3.63) is 96.6 Å². The van der Waals surface area contributed by atoms with Gasteiger partial charge in [0.1, 0.15) is 24.2 Å². The zero-order chi connectivity index (χ0) is 27.2. The second-order valence-electron chi connectivity index (χ2n) is 8.08. The second-order valence-corrected chi connectivity index (χ2v) is 8.96. The quantitative estimate of drug-likeness (QED) is 0.171. The number of aliphatic carboxylic acids is 1. The maximum Gasteiger partial charge on any atom is 0.412 e. The number of allylic oxidation sites excluding steroid dienone is 1. The van der Waals surface area contributed by atoms with E-state index in [1.807, 2.05) is 36.6 Å². The number of carbonyl (C=O) groups excluding carboxylic acids is 1. The van der Waals surface area contributed by atoms with Crippen molar-refractivity contribution in [2.75, 3.05) is 24.8 Å². The summed E-state index contributed by atoms with van der Waals surface area (Å²) in [7, 11) is 0. The molecule has 0 aliphatic heterocycles. The maximum atomic E-state index is 13.1. The van der Waals surface area contributed by atoms with Crippen LogP contribution >= 0.6 is 11.8 Å². The Hall–Kier alpha value is -3.95. The topological polar surface area (TPSA) is 114 Å². The van der Waals surface area contributed by atoms with Crippen LogP contribution in [0.1, 0.15) is 24.5 Å². The molecular formula is C29H31NO7S. The number of thioether (sulfide) groups is 1. The van der Waals surface area contributed by atoms with E-state index in [0.717, 1.165) is 11.0 Å². The molecule has 8 nitrogen and oxygen atoms in total. The third kappa shape index (κ3) is 9.17. The van der Waals surface area contributed by atoms with Crippen molar-refractivity contribution in [3.63, 3.8) is 0 Å². The van der Waals surface area contributed by atoms with E-state index in [2.05, 4.69) is 5.32 Å². The van der Waals surface area contributed by atoms with Crippen molar-refractivity contribution < 1.29 is 34.0 Å². The molecule has 1 amide bonds. The molecule has 9 heteroatoms. The van der Waals surface area contributed by atoms with Crippen LogP contribution in [0.2, 0.25) is 0 Å². The molecule has 0 aliphatic carbocycles. The Morgan fingerprint density at radius 1 is 1.00 bits per heavy atom. The van der Waals surface area contributed by atoms with E-state index in [0.29, 0.717) is 35.6 Å². The number of nitrogens with one attached hydrogen (secondary N) is 1. The number of aliphatic hydroxyl groups is 1. The highest BCUT2D eigenvalue weighted by Crippen LogP contribution is 2.34. The van der Waals surface area contributed by atoms with Gasteiger partial charge >= 0.3 is 12.1 Å². The van der Waals surface area contributed by atoms with E-state index >= 15 is 0 Å². The number of amides is 1. The summed E-state index contributed by atoms with van der Waals surface area (Å²) in [4.78, 5) is 25.1. The van der Waals surface area contributed by atoms with E-state index in [-0.39, 0.29) is 13.2 Å². The molecule has 3 aromatic rings. The van der Waals surface area contributed by atoms with Gasteiger partial charge in [0.15, 0.2) is 6.10 Å². The van der Waals surface area contributed by atoms with Crippen LogP contribution in [0.4, 0.5) is 10.5 Å². The van der Waals surface area contributed by atoms with Gasteiger partial charge in [-0.25, -0.2) is 9.59 Å². The molecule has 0 radical (unpaired) electrons. The first-order valence-electron chi connectivity index (χ1n) is 12.1. The number of carboxylic acid groups (broad SMARTS) is 1. The summed E-state index contributed by atoms with van der Waals surface area (Å²) in [6, 6.07) is 23.5. The minimum Gasteiger partial charge on any atom is -0.491 e. The predicted octanol–water partition coefficient (Wildman–Crippen LogP) is 5.94. The fraction of sp³-hybridized carbons (Fsp3) is 0.241. The number of para-hydroxylation sites is 2. The van der Waals surface area contributed by atoms with Crippen molar-refractivity contribution in [3.8, 4) is 11.5 Å². The Labute approximate surface area is 226 Å². The van der Waals surface area contributed by atoms with Crippen LogP contribution in [0.15, 0.2) is 95.9 Å². The molecule has 0 aromatic heterocycles. The average Bonchev–Trinajstić information content (AvgIpc) is 2.93. The first-order valence-corrected chi connectivity index (χ1v) is 13.3. The van der Waals surface area contributed by atoms with Crippen LogP contribution in [-0.2, 0) is 9.53 Å². The lowest BCUT2D eigenvalue weighted by atomic mass is 9.99. The summed E-state index contributed by atoms with van der Waals surface area (Å²) >= 11 is 1.59. The lowest BCUT2D eigenvalue weighted by Gasteiger charge is -2.29. The van der Waals surface area contributed by atoms with E-state index < -0.39 is 24.3 Å². The van der Waals surface area contributed by atoms with E-state index in [1.54, 1.807) is 60.3 Å². The number of hydrogen-bond acceptors (Lipinski definition) is 7. The van der Waals surface area contributed by atoms with Gasteiger partial charge in [-0.15, -0.1) is 11.8 Å². The number of rotatable bonds is 14. The van der Waals surface area contributed by atoms with Gasteiger partial charge in [0.2, 0.25) is 0 Å². The molecule has 0 saturated carbocycles. The van der Waals surface area contributed by atoms with E-state index in [1.165, 1.54) is 6.08 Å². The molecule has 0 spiro atoms. The summed E-state index contributed by atoms with van der Waals surface area (Å²) in [6.07, 6.45) is 2.96. The molecule has 200 valence electrons. The largest absolute Gasteiger partial charge is 0.491 e. The van der Waals surface area contributed by atoms with Crippen LogP contribution < -0.4 is 14.8 Å². The average molecular weight is 538 g/mol. The van der Waals surface area contributed by atoms with Crippen LogP contribution in [0.3, 0.4) is 0 Å². The molecule has 0 unspecified atom stereocenters. The Morgan fingerprint density at radius 2 is 1.71 bits per heavy atom. The van der Waals surface area contributed by atoms with Gasteiger partial charge in [0.05, 0.1) is 6.61 Å². The minimum atomic E-state index is -1.05. The van der Waals surface area contributed by atoms with Gasteiger partial charge < -0.3 is 24.4 Å². The number of carboxylic acids is 1. The SMILES string of the molecule is CSc1ccc(NC(=O)O[C@@H](c2ccccc2OCCO)[C@H](CC/C=C/C(=O)O)Oc2ccccc2)cc1. The van der Waals surface area contributed by atoms with Crippen LogP contribution in [0.5, 0.6) is 11.5 Å². The Kier molecular flexibility index (Phi) is 11.5. The highest BCUT2D eigenvalue weighted by Gasteiger charge is 2.31. The molecule has 0 heterocycles. The molecule has 3 N–H and O–H groups in total. The van der Waals surface area contributed by atoms with Gasteiger partial charge in [0.25, 0.3) is 0 Å². The molecule has 2 atom stereocenters. The number of aliphatic hydroxyl groups excluding tert-OH is 1. The number of hydrogen-bond donors (Lipinski definition) is 3. The third-order valence-electron chi connectivity index (χ3n) is 5.39. The highest BCUT2D eigenvalue weighted by atomic mass is 32.2. The lowest BCUT2D eigenvalue weighted by molar-refractivity contribution is -0.131. The smallest absolute Gasteiger partial charge is 0.412 e. The summed E-state index contributed by atoms with van der Waals surface area (Å²) < 4.78 is 18.0. The molecule has 0 bridgehead atoms. The monoisotopic (exact) mass is 537 g/mol. The normalized spacial score (nSPS) is 12.5. The number of ether oxygens (including phenoxy) is 3. The van der Waals surface area contributed by atoms with Crippen molar-refractivity contribution in [2.24, 2.45) is 0 Å². The van der Waals surface area contributed by atoms with Gasteiger partial charge in [-0.1, -0.05) is 42.5 Å². The molecule has 0 saturated heterocycles. The maximum absolute atomic E-state index is 13.1. The molecular weight excluding hydrogens is 506 g/mol. The fourth-order valence-electron chi connectivity index (χ4n) is 3.67. The van der Waals surface area contributed by atoms with Crippen molar-refractivity contribution in [1.82, 2.24) is 0 Å². The summed E-state index contributed by atoms with van der Waals surface area (Å²) in [6.45, 7) is -0.125. The second kappa shape index (κ2) is 15.3. The zero-order valence-electron chi connectivity index (χ0n) is 21.0. The van der Waals surface area contributed by atoms with Crippen molar-refractivity contribution >= 4 is 29.5 Å². The van der Waals surface area contributed by atoms with Crippen LogP contribution in [0.25, 0.3) is 0 Å². The Morgan fingerprint density at radius 3 is 2.39 bits per heavy atom. The van der Waals surface area contributed by atoms with Gasteiger partial charge in [0, 0.05) is 22.2 Å². The van der Waals surface area contributed by atoms with Crippen LogP contribution in [-0.4, -0.2) is 47.8 Å². The zero-order valence-corrected chi connectivity index (χ0v) is 21.8. The molecule has 0 fully saturated rings. The molecule has 3 rings (SSSR count). The molecule has 3 aromatic carbocycles. The number of carbonyl (C=O) groups is 2. The minimum absolute atomic E-state index is 0.0588. The predicted molar refractivity (Wildman–Crippen MR) is 147 cm³/mol. The highest BCUT2D eigenvalue weighted by molar-refractivity contribution is 7.98. The summed E-state index contributed by atoms with van der Waals surface area (Å²) in [5, 5.41) is 21.0.